The number of rotatable bonds is 4. The number of methoxy groups -OCH3 is 1. The Morgan fingerprint density at radius 1 is 1.67 bits per heavy atom. The van der Waals surface area contributed by atoms with Crippen LogP contribution >= 0.6 is 0 Å². The summed E-state index contributed by atoms with van der Waals surface area (Å²) in [5.74, 6) is 0.176. The van der Waals surface area contributed by atoms with E-state index in [1.165, 1.54) is 4.57 Å². The van der Waals surface area contributed by atoms with Gasteiger partial charge in [-0.1, -0.05) is 0 Å². The normalized spacial score (nSPS) is 23.4. The second-order valence-electron chi connectivity index (χ2n) is 4.25. The third-order valence-electron chi connectivity index (χ3n) is 2.96. The summed E-state index contributed by atoms with van der Waals surface area (Å²) in [6.07, 6.45) is 2.39. The van der Waals surface area contributed by atoms with Gasteiger partial charge >= 0.3 is 5.69 Å². The van der Waals surface area contributed by atoms with Crippen molar-refractivity contribution in [3.8, 4) is 0 Å². The van der Waals surface area contributed by atoms with Gasteiger partial charge < -0.3 is 20.3 Å². The molecule has 3 N–H and O–H groups in total. The lowest BCUT2D eigenvalue weighted by Gasteiger charge is -2.16. The summed E-state index contributed by atoms with van der Waals surface area (Å²) in [6, 6.07) is 0. The predicted molar refractivity (Wildman–Crippen MR) is 63.9 cm³/mol. The first-order valence-corrected chi connectivity index (χ1v) is 5.78. The van der Waals surface area contributed by atoms with Crippen molar-refractivity contribution in [2.75, 3.05) is 19.5 Å². The molecule has 1 aromatic heterocycles. The van der Waals surface area contributed by atoms with Crippen LogP contribution in [0.5, 0.6) is 0 Å². The monoisotopic (exact) mass is 255 g/mol. The first-order chi connectivity index (χ1) is 8.65. The maximum atomic E-state index is 11.8. The van der Waals surface area contributed by atoms with E-state index in [1.54, 1.807) is 13.3 Å². The van der Waals surface area contributed by atoms with Gasteiger partial charge in [0, 0.05) is 18.9 Å². The largest absolute Gasteiger partial charge is 0.394 e. The number of hydrogen-bond acceptors (Lipinski definition) is 6. The second-order valence-corrected chi connectivity index (χ2v) is 4.25. The van der Waals surface area contributed by atoms with Gasteiger partial charge in [-0.15, -0.1) is 0 Å². The smallest absolute Gasteiger partial charge is 0.351 e. The minimum Gasteiger partial charge on any atom is -0.394 e. The highest BCUT2D eigenvalue weighted by Crippen LogP contribution is 2.27. The SMILES string of the molecule is COCc1cn([C@@H]2CC[C@H](CO)O2)c(=O)nc1N. The number of nitrogen functional groups attached to an aromatic ring is 1. The van der Waals surface area contributed by atoms with Crippen molar-refractivity contribution in [2.45, 2.75) is 31.8 Å². The molecule has 0 radical (unpaired) electrons. The standard InChI is InChI=1S/C11H17N3O4/c1-17-6-7-4-14(11(16)13-10(7)12)9-3-2-8(5-15)18-9/h4,8-9,15H,2-3,5-6H2,1H3,(H2,12,13,16)/t8-,9+/m1/s1. The summed E-state index contributed by atoms with van der Waals surface area (Å²) in [6.45, 7) is 0.244. The molecule has 1 aromatic rings. The average molecular weight is 255 g/mol. The Kier molecular flexibility index (Phi) is 3.95. The van der Waals surface area contributed by atoms with E-state index in [4.69, 9.17) is 20.3 Å². The lowest BCUT2D eigenvalue weighted by atomic mass is 10.2. The van der Waals surface area contributed by atoms with E-state index in [-0.39, 0.29) is 25.1 Å². The molecule has 2 heterocycles. The van der Waals surface area contributed by atoms with Gasteiger partial charge in [0.15, 0.2) is 0 Å². The fraction of sp³-hybridized carbons (Fsp3) is 0.636. The molecule has 0 bridgehead atoms. The molecule has 18 heavy (non-hydrogen) atoms. The van der Waals surface area contributed by atoms with Crippen LogP contribution in [0.15, 0.2) is 11.0 Å². The summed E-state index contributed by atoms with van der Waals surface area (Å²) >= 11 is 0. The van der Waals surface area contributed by atoms with Crippen LogP contribution in [0.2, 0.25) is 0 Å². The lowest BCUT2D eigenvalue weighted by Crippen LogP contribution is -2.29. The number of aromatic nitrogens is 2. The molecule has 1 aliphatic rings. The molecule has 2 rings (SSSR count). The lowest BCUT2D eigenvalue weighted by molar-refractivity contribution is -0.0247. The molecule has 0 unspecified atom stereocenters. The van der Waals surface area contributed by atoms with Crippen molar-refractivity contribution in [1.29, 1.82) is 0 Å². The van der Waals surface area contributed by atoms with Gasteiger partial charge in [0.1, 0.15) is 12.0 Å². The van der Waals surface area contributed by atoms with Gasteiger partial charge in [0.2, 0.25) is 0 Å². The second kappa shape index (κ2) is 5.47. The van der Waals surface area contributed by atoms with E-state index in [2.05, 4.69) is 4.98 Å². The zero-order valence-electron chi connectivity index (χ0n) is 10.2. The Balaban J connectivity index is 2.27. The highest BCUT2D eigenvalue weighted by atomic mass is 16.5. The molecule has 1 fully saturated rings. The van der Waals surface area contributed by atoms with Gasteiger partial charge in [0.05, 0.1) is 19.3 Å². The third-order valence-corrected chi connectivity index (χ3v) is 2.96. The zero-order valence-corrected chi connectivity index (χ0v) is 10.2. The molecule has 0 spiro atoms. The van der Waals surface area contributed by atoms with Crippen molar-refractivity contribution in [3.63, 3.8) is 0 Å². The first-order valence-electron chi connectivity index (χ1n) is 5.78. The molecule has 2 atom stereocenters. The summed E-state index contributed by atoms with van der Waals surface area (Å²) in [7, 11) is 1.54. The molecule has 1 aliphatic heterocycles. The van der Waals surface area contributed by atoms with Crippen molar-refractivity contribution >= 4 is 5.82 Å². The highest BCUT2D eigenvalue weighted by Gasteiger charge is 2.27. The molecule has 7 heteroatoms. The Bertz CT molecular complexity index is 474. The quantitative estimate of drug-likeness (QED) is 0.762. The van der Waals surface area contributed by atoms with Gasteiger partial charge in [-0.3, -0.25) is 4.57 Å². The number of aliphatic hydroxyl groups excluding tert-OH is 1. The van der Waals surface area contributed by atoms with Gasteiger partial charge in [-0.2, -0.15) is 4.98 Å². The van der Waals surface area contributed by atoms with Gasteiger partial charge in [-0.05, 0) is 12.8 Å². The molecule has 0 amide bonds. The van der Waals surface area contributed by atoms with E-state index in [0.29, 0.717) is 12.0 Å². The van der Waals surface area contributed by atoms with Crippen LogP contribution in [0.4, 0.5) is 5.82 Å². The molecule has 100 valence electrons. The number of hydrogen-bond donors (Lipinski definition) is 2. The van der Waals surface area contributed by atoms with Crippen molar-refractivity contribution < 1.29 is 14.6 Å². The Morgan fingerprint density at radius 3 is 3.06 bits per heavy atom. The number of nitrogens with zero attached hydrogens (tertiary/aromatic N) is 2. The summed E-state index contributed by atoms with van der Waals surface area (Å²) < 4.78 is 11.9. The first kappa shape index (κ1) is 13.0. The Morgan fingerprint density at radius 2 is 2.44 bits per heavy atom. The number of ether oxygens (including phenoxy) is 2. The van der Waals surface area contributed by atoms with Crippen LogP contribution in [-0.2, 0) is 16.1 Å². The third kappa shape index (κ3) is 2.53. The minimum absolute atomic E-state index is 0.0431. The molecule has 0 aliphatic carbocycles. The van der Waals surface area contributed by atoms with Crippen LogP contribution in [-0.4, -0.2) is 34.5 Å². The molecular weight excluding hydrogens is 238 g/mol. The maximum Gasteiger partial charge on any atom is 0.351 e. The van der Waals surface area contributed by atoms with Gasteiger partial charge in [-0.25, -0.2) is 4.79 Å². The minimum atomic E-state index is -0.448. The van der Waals surface area contributed by atoms with E-state index in [1.807, 2.05) is 0 Å². The number of aliphatic hydroxyl groups is 1. The van der Waals surface area contributed by atoms with Crippen LogP contribution in [0, 0.1) is 0 Å². The van der Waals surface area contributed by atoms with Crippen LogP contribution in [0.3, 0.4) is 0 Å². The summed E-state index contributed by atoms with van der Waals surface area (Å²) in [5.41, 5.74) is 5.84. The molecule has 0 aromatic carbocycles. The van der Waals surface area contributed by atoms with Crippen molar-refractivity contribution in [3.05, 3.63) is 22.2 Å². The molecule has 0 saturated carbocycles. The fourth-order valence-corrected chi connectivity index (χ4v) is 2.02. The molecule has 7 nitrogen and oxygen atoms in total. The molecular formula is C11H17N3O4. The topological polar surface area (TPSA) is 99.6 Å². The van der Waals surface area contributed by atoms with Crippen LogP contribution in [0.25, 0.3) is 0 Å². The van der Waals surface area contributed by atoms with E-state index in [9.17, 15) is 4.79 Å². The van der Waals surface area contributed by atoms with E-state index >= 15 is 0 Å². The summed E-state index contributed by atoms with van der Waals surface area (Å²) in [5, 5.41) is 9.01. The number of nitrogens with two attached hydrogens (primary N) is 1. The average Bonchev–Trinajstić information content (AvgIpc) is 2.81. The van der Waals surface area contributed by atoms with E-state index < -0.39 is 11.9 Å². The predicted octanol–water partition coefficient (Wildman–Crippen LogP) is -0.358. The van der Waals surface area contributed by atoms with Crippen molar-refractivity contribution in [2.24, 2.45) is 0 Å². The van der Waals surface area contributed by atoms with Crippen LogP contribution < -0.4 is 11.4 Å². The molecule has 1 saturated heterocycles. The van der Waals surface area contributed by atoms with Crippen molar-refractivity contribution in [1.82, 2.24) is 9.55 Å². The summed E-state index contributed by atoms with van der Waals surface area (Å²) in [4.78, 5) is 15.5. The fourth-order valence-electron chi connectivity index (χ4n) is 2.02. The highest BCUT2D eigenvalue weighted by molar-refractivity contribution is 5.36. The number of anilines is 1. The van der Waals surface area contributed by atoms with E-state index in [0.717, 1.165) is 6.42 Å². The maximum absolute atomic E-state index is 11.8. The van der Waals surface area contributed by atoms with Crippen LogP contribution in [0.1, 0.15) is 24.6 Å². The zero-order chi connectivity index (χ0) is 13.1. The Labute approximate surface area is 104 Å². The Hall–Kier alpha value is -1.44. The van der Waals surface area contributed by atoms with Gasteiger partial charge in [0.25, 0.3) is 0 Å².